The third-order valence-electron chi connectivity index (χ3n) is 12.9. The van der Waals surface area contributed by atoms with E-state index in [4.69, 9.17) is 44.8 Å². The second-order valence-corrected chi connectivity index (χ2v) is 20.0. The minimum atomic E-state index is -1.85. The van der Waals surface area contributed by atoms with Gasteiger partial charge < -0.3 is 43.2 Å². The number of benzene rings is 1. The van der Waals surface area contributed by atoms with Crippen LogP contribution in [-0.2, 0) is 58.8 Å². The first-order chi connectivity index (χ1) is 32.0. The van der Waals surface area contributed by atoms with Gasteiger partial charge in [-0.1, -0.05) is 35.4 Å². The number of rotatable bonds is 16. The van der Waals surface area contributed by atoms with Crippen molar-refractivity contribution in [2.24, 2.45) is 11.8 Å². The van der Waals surface area contributed by atoms with Gasteiger partial charge in [0.2, 0.25) is 23.6 Å². The molecule has 1 aliphatic carbocycles. The number of amides is 5. The molecule has 370 valence electrons. The highest BCUT2D eigenvalue weighted by atomic mass is 127. The molecule has 0 radical (unpaired) electrons. The summed E-state index contributed by atoms with van der Waals surface area (Å²) < 4.78 is 42.9. The minimum absolute atomic E-state index is 0.0436. The molecule has 6 bridgehead atoms. The second kappa shape index (κ2) is 23.8. The smallest absolute Gasteiger partial charge is 0.409 e. The Hall–Kier alpha value is -3.55. The monoisotopic (exact) mass is 1090 g/mol. The van der Waals surface area contributed by atoms with Crippen LogP contribution in [0.1, 0.15) is 70.8 Å². The van der Waals surface area contributed by atoms with Crippen LogP contribution in [0, 0.1) is 11.8 Å². The lowest BCUT2D eigenvalue weighted by molar-refractivity contribution is -0.280. The fourth-order valence-corrected chi connectivity index (χ4v) is 10.8. The molecule has 67 heavy (non-hydrogen) atoms. The van der Waals surface area contributed by atoms with Gasteiger partial charge in [-0.05, 0) is 69.6 Å². The summed E-state index contributed by atoms with van der Waals surface area (Å²) in [5, 5.41) is 13.9. The summed E-state index contributed by atoms with van der Waals surface area (Å²) in [6.45, 7) is 3.98. The van der Waals surface area contributed by atoms with Gasteiger partial charge in [-0.2, -0.15) is 3.64 Å². The molecule has 0 spiro atoms. The SMILES string of the molecule is COc1cc2cc(c1Cl)N(C)C(=O)C[C@H](OC(=O)COCCOCCSC1CC(=O)N(C[C@H]3CC[C@H](C(=O)NNI)CC3)C1=O)[C@@]1(C)C[C@@H](O1)[C@@H]1C[C@@](O)(NC(=O)O1)[C@H](OC)/C=C/C=C(\C)C2. The van der Waals surface area contributed by atoms with Crippen LogP contribution in [0.25, 0.3) is 0 Å². The summed E-state index contributed by atoms with van der Waals surface area (Å²) in [6.07, 6.45) is 3.99. The van der Waals surface area contributed by atoms with E-state index in [2.05, 4.69) is 14.4 Å². The van der Waals surface area contributed by atoms with Crippen LogP contribution in [0.3, 0.4) is 0 Å². The van der Waals surface area contributed by atoms with Crippen LogP contribution in [0.4, 0.5) is 10.5 Å². The maximum Gasteiger partial charge on any atom is 0.409 e. The zero-order chi connectivity index (χ0) is 48.5. The predicted octanol–water partition coefficient (Wildman–Crippen LogP) is 4.09. The molecule has 7 rings (SSSR count). The van der Waals surface area contributed by atoms with Gasteiger partial charge in [0.25, 0.3) is 0 Å². The Morgan fingerprint density at radius 1 is 1.03 bits per heavy atom. The Bertz CT molecular complexity index is 2050. The van der Waals surface area contributed by atoms with Crippen molar-refractivity contribution in [3.8, 4) is 5.75 Å². The first kappa shape index (κ1) is 52.8. The Morgan fingerprint density at radius 2 is 1.76 bits per heavy atom. The molecular weight excluding hydrogens is 1030 g/mol. The maximum atomic E-state index is 14.1. The van der Waals surface area contributed by atoms with Crippen LogP contribution in [0.15, 0.2) is 35.9 Å². The molecule has 0 aromatic heterocycles. The number of allylic oxidation sites excluding steroid dienone is 3. The zero-order valence-corrected chi connectivity index (χ0v) is 42.1. The van der Waals surface area contributed by atoms with Crippen molar-refractivity contribution in [3.63, 3.8) is 0 Å². The van der Waals surface area contributed by atoms with Crippen molar-refractivity contribution < 1.29 is 67.0 Å². The normalized spacial score (nSPS) is 31.5. The summed E-state index contributed by atoms with van der Waals surface area (Å²) in [5.74, 6) is -0.703. The molecular formula is C45H61ClIN5O14S. The first-order valence-electron chi connectivity index (χ1n) is 22.3. The standard InChI is InChI=1S/C45H61ClIN5O14S/c1-26-7-6-8-35(61-5)45(59)23-32(64-43(58)48-45)33-22-44(2,66-33)36(21-37(53)51(3)30-18-28(17-26)19-31(60-4)40(30)46)65-39(55)25-63-14-13-62-15-16-67-34-20-38(54)52(42(34)57)24-27-9-11-29(12-10-27)41(56)49-50-47/h6-8,18-19,27,29,32-36,50,59H,9-17,20-25H2,1-5H3,(H,48,58)(H,49,56)/b8-6+,26-7+/t27-,29-,32-,33+,34?,35+,36-,44+,45-/m0/s1. The Morgan fingerprint density at radius 3 is 2.46 bits per heavy atom. The van der Waals surface area contributed by atoms with Gasteiger partial charge in [-0.15, -0.1) is 11.8 Å². The zero-order valence-electron chi connectivity index (χ0n) is 38.3. The highest BCUT2D eigenvalue weighted by Crippen LogP contribution is 2.44. The summed E-state index contributed by atoms with van der Waals surface area (Å²) in [4.78, 5) is 81.0. The van der Waals surface area contributed by atoms with Crippen molar-refractivity contribution in [2.45, 2.75) is 113 Å². The average molecular weight is 1090 g/mol. The van der Waals surface area contributed by atoms with Crippen LogP contribution in [0.2, 0.25) is 5.02 Å². The number of hydrogen-bond acceptors (Lipinski definition) is 16. The number of nitrogens with one attached hydrogen (secondary N) is 3. The molecule has 6 aliphatic rings. The summed E-state index contributed by atoms with van der Waals surface area (Å²) in [5.41, 5.74) is 1.65. The van der Waals surface area contributed by atoms with E-state index in [1.54, 1.807) is 38.3 Å². The summed E-state index contributed by atoms with van der Waals surface area (Å²) in [6, 6.07) is 3.57. The number of esters is 1. The van der Waals surface area contributed by atoms with Gasteiger partial charge in [0.15, 0.2) is 5.72 Å². The summed E-state index contributed by atoms with van der Waals surface area (Å²) >= 11 is 9.98. The molecule has 5 heterocycles. The van der Waals surface area contributed by atoms with E-state index in [1.807, 2.05) is 35.9 Å². The molecule has 19 nitrogen and oxygen atoms in total. The van der Waals surface area contributed by atoms with Crippen molar-refractivity contribution in [1.29, 1.82) is 0 Å². The van der Waals surface area contributed by atoms with Crippen LogP contribution < -0.4 is 24.0 Å². The number of fused-ring (bicyclic) bond motifs is 6. The van der Waals surface area contributed by atoms with Crippen LogP contribution in [-0.4, -0.2) is 147 Å². The number of ether oxygens (including phenoxy) is 7. The number of imide groups is 1. The number of likely N-dealkylation sites (tertiary alicyclic amines) is 1. The number of hydrazine groups is 1. The highest BCUT2D eigenvalue weighted by molar-refractivity contribution is 14.1. The third kappa shape index (κ3) is 13.4. The van der Waals surface area contributed by atoms with E-state index in [-0.39, 0.29) is 80.1 Å². The van der Waals surface area contributed by atoms with Gasteiger partial charge in [0.1, 0.15) is 41.3 Å². The number of aliphatic hydroxyl groups is 1. The third-order valence-corrected chi connectivity index (χ3v) is 14.7. The number of carbonyl (C=O) groups excluding carboxylic acids is 6. The van der Waals surface area contributed by atoms with Gasteiger partial charge in [0.05, 0.1) is 50.4 Å². The fourth-order valence-electron chi connectivity index (χ4n) is 9.17. The molecule has 1 unspecified atom stereocenters. The van der Waals surface area contributed by atoms with Crippen molar-refractivity contribution in [2.75, 3.05) is 64.9 Å². The number of alkyl carbamates (subject to hydrolysis) is 1. The molecule has 22 heteroatoms. The van der Waals surface area contributed by atoms with Gasteiger partial charge in [0, 0.05) is 74.5 Å². The number of hydrogen-bond donors (Lipinski definition) is 4. The number of carbonyl (C=O) groups is 6. The second-order valence-electron chi connectivity index (χ2n) is 17.7. The molecule has 1 aromatic carbocycles. The Kier molecular flexibility index (Phi) is 18.8. The lowest BCUT2D eigenvalue weighted by Crippen LogP contribution is -2.68. The van der Waals surface area contributed by atoms with Crippen LogP contribution >= 0.6 is 46.2 Å². The van der Waals surface area contributed by atoms with E-state index in [0.717, 1.165) is 24.0 Å². The van der Waals surface area contributed by atoms with Crippen molar-refractivity contribution in [1.82, 2.24) is 19.3 Å². The largest absolute Gasteiger partial charge is 0.495 e. The van der Waals surface area contributed by atoms with Gasteiger partial charge >= 0.3 is 12.1 Å². The van der Waals surface area contributed by atoms with E-state index in [9.17, 15) is 33.9 Å². The molecule has 4 fully saturated rings. The first-order valence-corrected chi connectivity index (χ1v) is 24.8. The van der Waals surface area contributed by atoms with E-state index in [1.165, 1.54) is 35.8 Å². The average Bonchev–Trinajstić information content (AvgIpc) is 3.54. The number of thioether (sulfide) groups is 1. The van der Waals surface area contributed by atoms with Crippen molar-refractivity contribution in [3.05, 3.63) is 46.5 Å². The quantitative estimate of drug-likeness (QED) is 0.0456. The molecule has 4 N–H and O–H groups in total. The van der Waals surface area contributed by atoms with Gasteiger partial charge in [-0.3, -0.25) is 34.8 Å². The van der Waals surface area contributed by atoms with Gasteiger partial charge in [-0.25, -0.2) is 9.59 Å². The highest BCUT2D eigenvalue weighted by Gasteiger charge is 2.57. The number of anilines is 1. The summed E-state index contributed by atoms with van der Waals surface area (Å²) in [7, 11) is 4.47. The maximum absolute atomic E-state index is 14.1. The minimum Gasteiger partial charge on any atom is -0.495 e. The molecule has 5 aliphatic heterocycles. The lowest BCUT2D eigenvalue weighted by Gasteiger charge is -2.53. The topological polar surface area (TPSA) is 230 Å². The predicted molar refractivity (Wildman–Crippen MR) is 254 cm³/mol. The Labute approximate surface area is 413 Å². The number of methoxy groups -OCH3 is 2. The number of nitrogens with zero attached hydrogens (tertiary/aromatic N) is 2. The lowest BCUT2D eigenvalue weighted by atomic mass is 9.79. The van der Waals surface area contributed by atoms with E-state index >= 15 is 0 Å². The van der Waals surface area contributed by atoms with E-state index in [0.29, 0.717) is 43.0 Å². The van der Waals surface area contributed by atoms with E-state index < -0.39 is 65.6 Å². The van der Waals surface area contributed by atoms with Crippen molar-refractivity contribution >= 4 is 87.6 Å². The molecule has 3 saturated heterocycles. The fraction of sp³-hybridized carbons (Fsp3) is 0.644. The molecule has 1 saturated carbocycles. The Balaban J connectivity index is 1.02. The van der Waals surface area contributed by atoms with Crippen LogP contribution in [0.5, 0.6) is 5.75 Å². The molecule has 7 atom stereocenters. The molecule has 1 aromatic rings. The molecule has 5 amide bonds. The number of halogens is 2.